The number of aromatic nitrogens is 2. The van der Waals surface area contributed by atoms with Crippen molar-refractivity contribution < 1.29 is 4.39 Å². The Morgan fingerprint density at radius 2 is 2.06 bits per heavy atom. The van der Waals surface area contributed by atoms with Crippen LogP contribution in [0.25, 0.3) is 0 Å². The third-order valence-corrected chi connectivity index (χ3v) is 2.74. The van der Waals surface area contributed by atoms with Crippen LogP contribution in [0.4, 0.5) is 4.39 Å². The van der Waals surface area contributed by atoms with Gasteiger partial charge < -0.3 is 16.8 Å². The van der Waals surface area contributed by atoms with E-state index in [0.29, 0.717) is 11.5 Å². The summed E-state index contributed by atoms with van der Waals surface area (Å²) in [6.07, 6.45) is 5.20. The topological polar surface area (TPSA) is 102 Å². The van der Waals surface area contributed by atoms with Crippen molar-refractivity contribution >= 4 is 6.34 Å². The number of aliphatic imine (C=N–C) groups is 1. The maximum Gasteiger partial charge on any atom is 0.160 e. The average Bonchev–Trinajstić information content (AvgIpc) is 2.33. The van der Waals surface area contributed by atoms with Gasteiger partial charge in [0, 0.05) is 6.20 Å². The monoisotopic (exact) mass is 236 g/mol. The molecule has 0 fully saturated rings. The minimum absolute atomic E-state index is 0.363. The molecule has 2 unspecified atom stereocenters. The van der Waals surface area contributed by atoms with Gasteiger partial charge in [0.25, 0.3) is 0 Å². The standard InChI is InChI=1S/C10H13FN6/c1-6(9-15-2-7(11)3-16-9)10(13)8(12)4-14-5-17-10/h2-6H,12-13H2,1H3,(H,14,17). The van der Waals surface area contributed by atoms with Gasteiger partial charge in [-0.3, -0.25) is 0 Å². The minimum Gasteiger partial charge on any atom is -0.398 e. The van der Waals surface area contributed by atoms with Crippen LogP contribution in [0.2, 0.25) is 0 Å². The first-order chi connectivity index (χ1) is 8.04. The highest BCUT2D eigenvalue weighted by atomic mass is 19.1. The Hall–Kier alpha value is -2.02. The van der Waals surface area contributed by atoms with Crippen LogP contribution in [-0.4, -0.2) is 22.0 Å². The van der Waals surface area contributed by atoms with E-state index in [0.717, 1.165) is 12.4 Å². The largest absolute Gasteiger partial charge is 0.398 e. The Bertz CT molecular complexity index is 468. The summed E-state index contributed by atoms with van der Waals surface area (Å²) >= 11 is 0. The molecule has 2 rings (SSSR count). The lowest BCUT2D eigenvalue weighted by Gasteiger charge is -2.32. The molecule has 0 amide bonds. The van der Waals surface area contributed by atoms with Crippen molar-refractivity contribution in [3.05, 3.63) is 35.9 Å². The minimum atomic E-state index is -1.11. The molecule has 1 aromatic heterocycles. The molecule has 0 aliphatic carbocycles. The van der Waals surface area contributed by atoms with Gasteiger partial charge in [0.2, 0.25) is 0 Å². The zero-order chi connectivity index (χ0) is 12.5. The Kier molecular flexibility index (Phi) is 2.76. The van der Waals surface area contributed by atoms with E-state index in [2.05, 4.69) is 20.3 Å². The van der Waals surface area contributed by atoms with Crippen LogP contribution < -0.4 is 16.8 Å². The maximum absolute atomic E-state index is 12.7. The van der Waals surface area contributed by atoms with Gasteiger partial charge in [-0.2, -0.15) is 0 Å². The first-order valence-corrected chi connectivity index (χ1v) is 5.06. The highest BCUT2D eigenvalue weighted by molar-refractivity contribution is 5.60. The average molecular weight is 236 g/mol. The van der Waals surface area contributed by atoms with Crippen molar-refractivity contribution in [1.29, 1.82) is 0 Å². The number of hydrogen-bond acceptors (Lipinski definition) is 6. The van der Waals surface area contributed by atoms with Crippen LogP contribution in [-0.2, 0) is 0 Å². The number of nitrogens with one attached hydrogen (secondary N) is 1. The lowest BCUT2D eigenvalue weighted by atomic mass is 9.91. The fraction of sp³-hybridized carbons (Fsp3) is 0.300. The summed E-state index contributed by atoms with van der Waals surface area (Å²) in [6, 6.07) is 0. The van der Waals surface area contributed by atoms with Crippen LogP contribution in [0.1, 0.15) is 18.7 Å². The summed E-state index contributed by atoms with van der Waals surface area (Å²) in [5, 5.41) is 2.75. The van der Waals surface area contributed by atoms with Crippen LogP contribution in [0.3, 0.4) is 0 Å². The van der Waals surface area contributed by atoms with Gasteiger partial charge in [-0.1, -0.05) is 6.92 Å². The first-order valence-electron chi connectivity index (χ1n) is 5.06. The number of nitrogens with zero attached hydrogens (tertiary/aromatic N) is 3. The molecule has 0 spiro atoms. The van der Waals surface area contributed by atoms with Crippen molar-refractivity contribution in [2.45, 2.75) is 18.5 Å². The van der Waals surface area contributed by atoms with Crippen molar-refractivity contribution in [2.75, 3.05) is 0 Å². The van der Waals surface area contributed by atoms with E-state index in [-0.39, 0.29) is 5.92 Å². The fourth-order valence-electron chi connectivity index (χ4n) is 1.57. The lowest BCUT2D eigenvalue weighted by Crippen LogP contribution is -2.50. The third-order valence-electron chi connectivity index (χ3n) is 2.74. The predicted molar refractivity (Wildman–Crippen MR) is 61.2 cm³/mol. The molecule has 6 nitrogen and oxygen atoms in total. The summed E-state index contributed by atoms with van der Waals surface area (Å²) in [6.45, 7) is 1.79. The Balaban J connectivity index is 2.33. The van der Waals surface area contributed by atoms with Gasteiger partial charge in [-0.25, -0.2) is 19.4 Å². The van der Waals surface area contributed by atoms with E-state index in [4.69, 9.17) is 11.5 Å². The molecular formula is C10H13FN6. The van der Waals surface area contributed by atoms with Gasteiger partial charge in [-0.15, -0.1) is 0 Å². The molecule has 90 valence electrons. The molecule has 5 N–H and O–H groups in total. The van der Waals surface area contributed by atoms with Gasteiger partial charge in [0.1, 0.15) is 5.82 Å². The third kappa shape index (κ3) is 1.96. The molecule has 7 heteroatoms. The van der Waals surface area contributed by atoms with Crippen LogP contribution in [0.15, 0.2) is 29.3 Å². The van der Waals surface area contributed by atoms with E-state index in [1.807, 2.05) is 0 Å². The second kappa shape index (κ2) is 4.10. The quantitative estimate of drug-likeness (QED) is 0.660. The number of nitrogens with two attached hydrogens (primary N) is 2. The molecule has 0 radical (unpaired) electrons. The zero-order valence-corrected chi connectivity index (χ0v) is 9.26. The summed E-state index contributed by atoms with van der Waals surface area (Å²) < 4.78 is 12.7. The van der Waals surface area contributed by atoms with Crippen LogP contribution in [0.5, 0.6) is 0 Å². The van der Waals surface area contributed by atoms with Crippen molar-refractivity contribution in [1.82, 2.24) is 15.3 Å². The molecule has 0 saturated carbocycles. The number of rotatable bonds is 2. The Morgan fingerprint density at radius 3 is 2.65 bits per heavy atom. The van der Waals surface area contributed by atoms with Crippen LogP contribution in [0, 0.1) is 5.82 Å². The molecule has 1 aliphatic heterocycles. The molecule has 0 saturated heterocycles. The summed E-state index contributed by atoms with van der Waals surface area (Å²) in [7, 11) is 0. The van der Waals surface area contributed by atoms with Gasteiger partial charge >= 0.3 is 0 Å². The Labute approximate surface area is 97.7 Å². The summed E-state index contributed by atoms with van der Waals surface area (Å²) in [5.41, 5.74) is 11.2. The van der Waals surface area contributed by atoms with E-state index in [1.54, 1.807) is 13.1 Å². The van der Waals surface area contributed by atoms with Crippen molar-refractivity contribution in [3.8, 4) is 0 Å². The number of halogens is 1. The molecule has 1 aromatic rings. The molecule has 2 atom stereocenters. The SMILES string of the molecule is CC(c1ncc(F)cn1)C1(N)N=CNC=C1N. The first kappa shape index (κ1) is 11.5. The maximum atomic E-state index is 12.7. The summed E-state index contributed by atoms with van der Waals surface area (Å²) in [5.74, 6) is -0.466. The molecule has 2 heterocycles. The highest BCUT2D eigenvalue weighted by Crippen LogP contribution is 2.29. The number of hydrogen-bond donors (Lipinski definition) is 3. The van der Waals surface area contributed by atoms with Crippen molar-refractivity contribution in [3.63, 3.8) is 0 Å². The fourth-order valence-corrected chi connectivity index (χ4v) is 1.57. The lowest BCUT2D eigenvalue weighted by molar-refractivity contribution is 0.414. The molecule has 0 aromatic carbocycles. The smallest absolute Gasteiger partial charge is 0.160 e. The van der Waals surface area contributed by atoms with E-state index < -0.39 is 11.5 Å². The highest BCUT2D eigenvalue weighted by Gasteiger charge is 2.37. The summed E-state index contributed by atoms with van der Waals surface area (Å²) in [4.78, 5) is 11.9. The van der Waals surface area contributed by atoms with Crippen LogP contribution >= 0.6 is 0 Å². The molecule has 1 aliphatic rings. The van der Waals surface area contributed by atoms with E-state index in [1.165, 1.54) is 6.34 Å². The molecule has 0 bridgehead atoms. The van der Waals surface area contributed by atoms with Crippen molar-refractivity contribution in [2.24, 2.45) is 16.5 Å². The normalized spacial score (nSPS) is 25.0. The second-order valence-corrected chi connectivity index (χ2v) is 3.83. The molecule has 17 heavy (non-hydrogen) atoms. The van der Waals surface area contributed by atoms with Gasteiger partial charge in [0.15, 0.2) is 11.5 Å². The van der Waals surface area contributed by atoms with E-state index >= 15 is 0 Å². The molecular weight excluding hydrogens is 223 g/mol. The second-order valence-electron chi connectivity index (χ2n) is 3.83. The zero-order valence-electron chi connectivity index (χ0n) is 9.26. The van der Waals surface area contributed by atoms with E-state index in [9.17, 15) is 4.39 Å². The van der Waals surface area contributed by atoms with Gasteiger partial charge in [0.05, 0.1) is 30.3 Å². The Morgan fingerprint density at radius 1 is 1.41 bits per heavy atom. The predicted octanol–water partition coefficient (Wildman–Crippen LogP) is -0.194. The van der Waals surface area contributed by atoms with Gasteiger partial charge in [-0.05, 0) is 0 Å².